The van der Waals surface area contributed by atoms with Crippen molar-refractivity contribution in [2.75, 3.05) is 19.8 Å². The molecule has 0 radical (unpaired) electrons. The van der Waals surface area contributed by atoms with Crippen molar-refractivity contribution in [3.8, 4) is 0 Å². The smallest absolute Gasteiger partial charge is 0.251 e. The number of carbonyl (C=O) groups excluding carboxylic acids is 1. The van der Waals surface area contributed by atoms with Gasteiger partial charge in [0.1, 0.15) is 0 Å². The van der Waals surface area contributed by atoms with Gasteiger partial charge in [-0.15, -0.1) is 0 Å². The summed E-state index contributed by atoms with van der Waals surface area (Å²) in [5.74, 6) is -0.288. The number of ether oxygens (including phenoxy) is 1. The highest BCUT2D eigenvalue weighted by atomic mass is 35.5. The lowest BCUT2D eigenvalue weighted by Crippen LogP contribution is -2.30. The molecule has 1 amide bonds. The molecule has 0 aliphatic carbocycles. The minimum absolute atomic E-state index is 0.0831. The molecule has 4 nitrogen and oxygen atoms in total. The molecule has 0 spiro atoms. The fourth-order valence-corrected chi connectivity index (χ4v) is 2.75. The van der Waals surface area contributed by atoms with Gasteiger partial charge in [0.05, 0.1) is 19.3 Å². The van der Waals surface area contributed by atoms with E-state index in [1.165, 1.54) is 0 Å². The molecule has 2 aromatic carbocycles. The van der Waals surface area contributed by atoms with Crippen LogP contribution in [0, 0.1) is 6.92 Å². The third kappa shape index (κ3) is 5.49. The van der Waals surface area contributed by atoms with Crippen LogP contribution in [-0.2, 0) is 4.74 Å². The average Bonchev–Trinajstić information content (AvgIpc) is 2.55. The molecule has 2 N–H and O–H groups in total. The van der Waals surface area contributed by atoms with Crippen LogP contribution in [0.1, 0.15) is 27.6 Å². The van der Waals surface area contributed by atoms with Gasteiger partial charge in [-0.05, 0) is 30.7 Å². The number of halogens is 2. The van der Waals surface area contributed by atoms with Gasteiger partial charge in [0, 0.05) is 22.2 Å². The number of nitrogens with one attached hydrogen (secondary N) is 1. The van der Waals surface area contributed by atoms with Crippen molar-refractivity contribution >= 4 is 29.1 Å². The SMILES string of the molecule is Cc1ccc(C(CNC(=O)c2cc(Cl)cc(Cl)c2)OCCO)cc1. The minimum Gasteiger partial charge on any atom is -0.394 e. The van der Waals surface area contributed by atoms with Gasteiger partial charge >= 0.3 is 0 Å². The summed E-state index contributed by atoms with van der Waals surface area (Å²) in [6.07, 6.45) is -0.351. The number of rotatable bonds is 7. The lowest BCUT2D eigenvalue weighted by Gasteiger charge is -2.19. The van der Waals surface area contributed by atoms with E-state index in [1.54, 1.807) is 18.2 Å². The number of carbonyl (C=O) groups is 1. The molecule has 0 saturated heterocycles. The largest absolute Gasteiger partial charge is 0.394 e. The van der Waals surface area contributed by atoms with Crippen LogP contribution in [0.2, 0.25) is 10.0 Å². The summed E-state index contributed by atoms with van der Waals surface area (Å²) in [7, 11) is 0. The Bertz CT molecular complexity index is 669. The number of amides is 1. The molecule has 6 heteroatoms. The van der Waals surface area contributed by atoms with Crippen molar-refractivity contribution in [3.05, 3.63) is 69.2 Å². The first kappa shape index (κ1) is 18.7. The number of hydrogen-bond donors (Lipinski definition) is 2. The first-order valence-corrected chi connectivity index (χ1v) is 8.28. The van der Waals surface area contributed by atoms with E-state index in [0.29, 0.717) is 15.6 Å². The molecule has 2 aromatic rings. The fraction of sp³-hybridized carbons (Fsp3) is 0.278. The zero-order chi connectivity index (χ0) is 17.5. The molecule has 0 fully saturated rings. The van der Waals surface area contributed by atoms with E-state index < -0.39 is 0 Å². The van der Waals surface area contributed by atoms with Crippen LogP contribution in [0.25, 0.3) is 0 Å². The van der Waals surface area contributed by atoms with Crippen LogP contribution >= 0.6 is 23.2 Å². The van der Waals surface area contributed by atoms with Crippen molar-refractivity contribution in [2.45, 2.75) is 13.0 Å². The summed E-state index contributed by atoms with van der Waals surface area (Å²) < 4.78 is 5.63. The topological polar surface area (TPSA) is 58.6 Å². The highest BCUT2D eigenvalue weighted by Gasteiger charge is 2.15. The highest BCUT2D eigenvalue weighted by molar-refractivity contribution is 6.35. The second-order valence-corrected chi connectivity index (χ2v) is 6.23. The third-order valence-corrected chi connectivity index (χ3v) is 3.87. The predicted octanol–water partition coefficient (Wildman–Crippen LogP) is 3.78. The van der Waals surface area contributed by atoms with Crippen LogP contribution in [0.3, 0.4) is 0 Å². The van der Waals surface area contributed by atoms with Gasteiger partial charge in [0.15, 0.2) is 0 Å². The van der Waals surface area contributed by atoms with Crippen LogP contribution < -0.4 is 5.32 Å². The van der Waals surface area contributed by atoms with Gasteiger partial charge in [0.25, 0.3) is 5.91 Å². The van der Waals surface area contributed by atoms with Gasteiger partial charge < -0.3 is 15.2 Å². The second kappa shape index (κ2) is 9.04. The van der Waals surface area contributed by atoms with E-state index in [2.05, 4.69) is 5.32 Å². The Hall–Kier alpha value is -1.59. The summed E-state index contributed by atoms with van der Waals surface area (Å²) in [4.78, 5) is 12.3. The van der Waals surface area contributed by atoms with Crippen molar-refractivity contribution in [1.29, 1.82) is 0 Å². The van der Waals surface area contributed by atoms with Gasteiger partial charge in [-0.25, -0.2) is 0 Å². The van der Waals surface area contributed by atoms with E-state index >= 15 is 0 Å². The molecule has 24 heavy (non-hydrogen) atoms. The molecule has 0 bridgehead atoms. The van der Waals surface area contributed by atoms with Gasteiger partial charge in [-0.3, -0.25) is 4.79 Å². The van der Waals surface area contributed by atoms with E-state index in [1.807, 2.05) is 31.2 Å². The molecule has 2 rings (SSSR count). The molecular formula is C18H19Cl2NO3. The number of hydrogen-bond acceptors (Lipinski definition) is 3. The maximum absolute atomic E-state index is 12.3. The Kier molecular flexibility index (Phi) is 7.06. The van der Waals surface area contributed by atoms with Gasteiger partial charge in [-0.2, -0.15) is 0 Å². The Morgan fingerprint density at radius 2 is 1.79 bits per heavy atom. The molecular weight excluding hydrogens is 349 g/mol. The Morgan fingerprint density at radius 3 is 2.38 bits per heavy atom. The van der Waals surface area contributed by atoms with E-state index in [4.69, 9.17) is 33.0 Å². The molecule has 0 aliphatic rings. The number of aliphatic hydroxyl groups excluding tert-OH is 1. The van der Waals surface area contributed by atoms with Gasteiger partial charge in [0.2, 0.25) is 0 Å². The molecule has 0 heterocycles. The predicted molar refractivity (Wildman–Crippen MR) is 95.8 cm³/mol. The number of aryl methyl sites for hydroxylation is 1. The van der Waals surface area contributed by atoms with E-state index in [9.17, 15) is 4.79 Å². The quantitative estimate of drug-likeness (QED) is 0.782. The molecule has 128 valence electrons. The van der Waals surface area contributed by atoms with Crippen molar-refractivity contribution in [2.24, 2.45) is 0 Å². The highest BCUT2D eigenvalue weighted by Crippen LogP contribution is 2.20. The first-order chi connectivity index (χ1) is 11.5. The van der Waals surface area contributed by atoms with Crippen molar-refractivity contribution < 1.29 is 14.6 Å². The fourth-order valence-electron chi connectivity index (χ4n) is 2.22. The molecule has 0 aromatic heterocycles. The Balaban J connectivity index is 2.06. The average molecular weight is 368 g/mol. The summed E-state index contributed by atoms with van der Waals surface area (Å²) in [6, 6.07) is 12.5. The monoisotopic (exact) mass is 367 g/mol. The van der Waals surface area contributed by atoms with Crippen LogP contribution in [0.4, 0.5) is 0 Å². The zero-order valence-corrected chi connectivity index (χ0v) is 14.8. The van der Waals surface area contributed by atoms with Crippen LogP contribution in [0.5, 0.6) is 0 Å². The summed E-state index contributed by atoms with van der Waals surface area (Å²) in [6.45, 7) is 2.38. The van der Waals surface area contributed by atoms with Crippen molar-refractivity contribution in [3.63, 3.8) is 0 Å². The Labute approximate surface area is 151 Å². The molecule has 0 saturated carbocycles. The molecule has 1 unspecified atom stereocenters. The zero-order valence-electron chi connectivity index (χ0n) is 13.3. The van der Waals surface area contributed by atoms with Crippen molar-refractivity contribution in [1.82, 2.24) is 5.32 Å². The number of benzene rings is 2. The molecule has 1 atom stereocenters. The van der Waals surface area contributed by atoms with Crippen LogP contribution in [-0.4, -0.2) is 30.8 Å². The van der Waals surface area contributed by atoms with E-state index in [0.717, 1.165) is 11.1 Å². The first-order valence-electron chi connectivity index (χ1n) is 7.53. The van der Waals surface area contributed by atoms with E-state index in [-0.39, 0.29) is 31.8 Å². The maximum Gasteiger partial charge on any atom is 0.251 e. The standard InChI is InChI=1S/C18H19Cl2NO3/c1-12-2-4-13(5-3-12)17(24-7-6-22)11-21-18(23)14-8-15(19)10-16(20)9-14/h2-5,8-10,17,22H,6-7,11H2,1H3,(H,21,23). The lowest BCUT2D eigenvalue weighted by atomic mass is 10.1. The normalized spacial score (nSPS) is 12.0. The molecule has 0 aliphatic heterocycles. The number of aliphatic hydroxyl groups is 1. The summed E-state index contributed by atoms with van der Waals surface area (Å²) in [5, 5.41) is 12.6. The second-order valence-electron chi connectivity index (χ2n) is 5.36. The van der Waals surface area contributed by atoms with Crippen LogP contribution in [0.15, 0.2) is 42.5 Å². The minimum atomic E-state index is -0.351. The Morgan fingerprint density at radius 1 is 1.17 bits per heavy atom. The summed E-state index contributed by atoms with van der Waals surface area (Å²) in [5.41, 5.74) is 2.45. The lowest BCUT2D eigenvalue weighted by molar-refractivity contribution is 0.0277. The van der Waals surface area contributed by atoms with Gasteiger partial charge in [-0.1, -0.05) is 53.0 Å². The third-order valence-electron chi connectivity index (χ3n) is 3.43. The summed E-state index contributed by atoms with van der Waals surface area (Å²) >= 11 is 11.8. The maximum atomic E-state index is 12.3.